The number of nitrogens with zero attached hydrogens (tertiary/aromatic N) is 1. The summed E-state index contributed by atoms with van der Waals surface area (Å²) in [4.78, 5) is 47.6. The molecule has 1 N–H and O–H groups in total. The number of aldehydes is 1. The van der Waals surface area contributed by atoms with Gasteiger partial charge < -0.3 is 24.5 Å². The summed E-state index contributed by atoms with van der Waals surface area (Å²) in [6, 6.07) is -0.859. The first kappa shape index (κ1) is 24.9. The van der Waals surface area contributed by atoms with Crippen LogP contribution in [0.5, 0.6) is 0 Å². The summed E-state index contributed by atoms with van der Waals surface area (Å²) >= 11 is 0. The Morgan fingerprint density at radius 3 is 2.26 bits per heavy atom. The van der Waals surface area contributed by atoms with Crippen LogP contribution >= 0.6 is 0 Å². The average molecular weight is 386 g/mol. The van der Waals surface area contributed by atoms with Crippen LogP contribution < -0.4 is 5.32 Å². The summed E-state index contributed by atoms with van der Waals surface area (Å²) in [7, 11) is 1.61. The van der Waals surface area contributed by atoms with Gasteiger partial charge in [0.1, 0.15) is 12.3 Å². The van der Waals surface area contributed by atoms with Gasteiger partial charge in [-0.2, -0.15) is 0 Å². The first-order valence-corrected chi connectivity index (χ1v) is 9.48. The molecular weight excluding hydrogens is 352 g/mol. The SMILES string of the molecule is CCC(C)C(NC(C)=O)C(=O)OC(C)OC(=O)N(C)C(C)CCCCC=O. The van der Waals surface area contributed by atoms with E-state index in [0.717, 1.165) is 25.5 Å². The molecule has 0 fully saturated rings. The lowest BCUT2D eigenvalue weighted by Crippen LogP contribution is -2.46. The maximum absolute atomic E-state index is 12.3. The number of carbonyl (C=O) groups is 4. The van der Waals surface area contributed by atoms with Crippen LogP contribution in [0.1, 0.15) is 66.7 Å². The molecular formula is C19H34N2O6. The number of nitrogens with one attached hydrogen (secondary N) is 1. The lowest BCUT2D eigenvalue weighted by molar-refractivity contribution is -0.171. The van der Waals surface area contributed by atoms with Crippen LogP contribution in [0.3, 0.4) is 0 Å². The van der Waals surface area contributed by atoms with Crippen molar-refractivity contribution in [2.24, 2.45) is 5.92 Å². The first-order chi connectivity index (χ1) is 12.6. The number of amides is 2. The number of unbranched alkanes of at least 4 members (excludes halogenated alkanes) is 2. The molecule has 0 rings (SSSR count). The Morgan fingerprint density at radius 1 is 1.11 bits per heavy atom. The van der Waals surface area contributed by atoms with Crippen molar-refractivity contribution in [3.05, 3.63) is 0 Å². The van der Waals surface area contributed by atoms with Crippen LogP contribution in [0, 0.1) is 5.92 Å². The number of esters is 1. The van der Waals surface area contributed by atoms with Gasteiger partial charge in [0, 0.05) is 33.4 Å². The Kier molecular flexibility index (Phi) is 12.1. The Bertz CT molecular complexity index is 497. The summed E-state index contributed by atoms with van der Waals surface area (Å²) in [5, 5.41) is 2.57. The molecule has 0 aliphatic heterocycles. The van der Waals surface area contributed by atoms with E-state index in [-0.39, 0.29) is 17.9 Å². The zero-order chi connectivity index (χ0) is 21.0. The molecule has 0 aromatic rings. The lowest BCUT2D eigenvalue weighted by atomic mass is 9.99. The summed E-state index contributed by atoms with van der Waals surface area (Å²) in [5.41, 5.74) is 0. The normalized spacial score (nSPS) is 15.0. The van der Waals surface area contributed by atoms with E-state index in [9.17, 15) is 19.2 Å². The minimum Gasteiger partial charge on any atom is -0.424 e. The molecule has 0 spiro atoms. The maximum Gasteiger partial charge on any atom is 0.412 e. The average Bonchev–Trinajstić information content (AvgIpc) is 2.61. The molecule has 0 saturated carbocycles. The van der Waals surface area contributed by atoms with Gasteiger partial charge in [-0.15, -0.1) is 0 Å². The van der Waals surface area contributed by atoms with Gasteiger partial charge in [-0.1, -0.05) is 26.7 Å². The second kappa shape index (κ2) is 13.1. The molecule has 0 aliphatic carbocycles. The van der Waals surface area contributed by atoms with E-state index in [2.05, 4.69) is 5.32 Å². The van der Waals surface area contributed by atoms with Crippen LogP contribution in [0.4, 0.5) is 4.79 Å². The summed E-state index contributed by atoms with van der Waals surface area (Å²) in [6.45, 7) is 8.41. The molecule has 27 heavy (non-hydrogen) atoms. The van der Waals surface area contributed by atoms with E-state index in [1.165, 1.54) is 18.7 Å². The Labute approximate surface area is 161 Å². The quantitative estimate of drug-likeness (QED) is 0.239. The first-order valence-electron chi connectivity index (χ1n) is 9.48. The van der Waals surface area contributed by atoms with Crippen molar-refractivity contribution in [3.8, 4) is 0 Å². The molecule has 0 heterocycles. The van der Waals surface area contributed by atoms with Crippen LogP contribution in [0.2, 0.25) is 0 Å². The van der Waals surface area contributed by atoms with Crippen molar-refractivity contribution in [2.45, 2.75) is 85.1 Å². The van der Waals surface area contributed by atoms with Gasteiger partial charge in [0.05, 0.1) is 0 Å². The number of hydrogen-bond donors (Lipinski definition) is 1. The topological polar surface area (TPSA) is 102 Å². The molecule has 0 radical (unpaired) electrons. The molecule has 8 heteroatoms. The zero-order valence-corrected chi connectivity index (χ0v) is 17.3. The van der Waals surface area contributed by atoms with Gasteiger partial charge in [0.15, 0.2) is 0 Å². The van der Waals surface area contributed by atoms with Crippen LogP contribution in [0.15, 0.2) is 0 Å². The van der Waals surface area contributed by atoms with Gasteiger partial charge in [-0.3, -0.25) is 4.79 Å². The maximum atomic E-state index is 12.3. The highest BCUT2D eigenvalue weighted by Gasteiger charge is 2.29. The zero-order valence-electron chi connectivity index (χ0n) is 17.3. The third-order valence-corrected chi connectivity index (χ3v) is 4.52. The second-order valence-electron chi connectivity index (χ2n) is 6.86. The highest BCUT2D eigenvalue weighted by Crippen LogP contribution is 2.13. The molecule has 0 aromatic heterocycles. The van der Waals surface area contributed by atoms with E-state index < -0.39 is 24.4 Å². The van der Waals surface area contributed by atoms with Crippen molar-refractivity contribution in [3.63, 3.8) is 0 Å². The van der Waals surface area contributed by atoms with Gasteiger partial charge in [0.25, 0.3) is 0 Å². The highest BCUT2D eigenvalue weighted by molar-refractivity contribution is 5.83. The van der Waals surface area contributed by atoms with E-state index in [0.29, 0.717) is 12.8 Å². The van der Waals surface area contributed by atoms with E-state index in [1.807, 2.05) is 20.8 Å². The Hall–Kier alpha value is -2.12. The fraction of sp³-hybridized carbons (Fsp3) is 0.789. The monoisotopic (exact) mass is 386 g/mol. The Balaban J connectivity index is 4.57. The van der Waals surface area contributed by atoms with E-state index in [1.54, 1.807) is 7.05 Å². The van der Waals surface area contributed by atoms with Crippen LogP contribution in [-0.2, 0) is 23.9 Å². The predicted octanol–water partition coefficient (Wildman–Crippen LogP) is 2.64. The Morgan fingerprint density at radius 2 is 1.74 bits per heavy atom. The number of ether oxygens (including phenoxy) is 2. The smallest absolute Gasteiger partial charge is 0.412 e. The van der Waals surface area contributed by atoms with Gasteiger partial charge in [-0.25, -0.2) is 9.59 Å². The lowest BCUT2D eigenvalue weighted by Gasteiger charge is -2.27. The minimum atomic E-state index is -1.07. The van der Waals surface area contributed by atoms with Crippen molar-refractivity contribution < 1.29 is 28.7 Å². The van der Waals surface area contributed by atoms with Crippen molar-refractivity contribution in [2.75, 3.05) is 7.05 Å². The van der Waals surface area contributed by atoms with Crippen LogP contribution in [0.25, 0.3) is 0 Å². The van der Waals surface area contributed by atoms with E-state index in [4.69, 9.17) is 9.47 Å². The summed E-state index contributed by atoms with van der Waals surface area (Å²) in [5.74, 6) is -1.08. The fourth-order valence-corrected chi connectivity index (χ4v) is 2.42. The fourth-order valence-electron chi connectivity index (χ4n) is 2.42. The molecule has 8 nitrogen and oxygen atoms in total. The van der Waals surface area contributed by atoms with Crippen molar-refractivity contribution in [1.82, 2.24) is 10.2 Å². The number of carbonyl (C=O) groups excluding carboxylic acids is 4. The molecule has 2 amide bonds. The van der Waals surface area contributed by atoms with Crippen molar-refractivity contribution in [1.29, 1.82) is 0 Å². The third-order valence-electron chi connectivity index (χ3n) is 4.52. The molecule has 0 bridgehead atoms. The minimum absolute atomic E-state index is 0.0701. The number of rotatable bonds is 12. The van der Waals surface area contributed by atoms with Crippen molar-refractivity contribution >= 4 is 24.3 Å². The van der Waals surface area contributed by atoms with E-state index >= 15 is 0 Å². The van der Waals surface area contributed by atoms with Gasteiger partial charge >= 0.3 is 12.1 Å². The molecule has 0 saturated heterocycles. The molecule has 0 aromatic carbocycles. The summed E-state index contributed by atoms with van der Waals surface area (Å²) in [6.07, 6.45) is 2.75. The molecule has 4 unspecified atom stereocenters. The predicted molar refractivity (Wildman–Crippen MR) is 101 cm³/mol. The van der Waals surface area contributed by atoms with Crippen LogP contribution in [-0.4, -0.2) is 54.6 Å². The number of hydrogen-bond acceptors (Lipinski definition) is 6. The molecule has 156 valence electrons. The largest absolute Gasteiger partial charge is 0.424 e. The highest BCUT2D eigenvalue weighted by atomic mass is 16.7. The molecule has 4 atom stereocenters. The standard InChI is InChI=1S/C19H34N2O6/c1-7-13(2)17(20-15(4)23)18(24)26-16(5)27-19(25)21(6)14(3)11-9-8-10-12-22/h12-14,16-17H,7-11H2,1-6H3,(H,20,23). The third kappa shape index (κ3) is 9.96. The summed E-state index contributed by atoms with van der Waals surface area (Å²) < 4.78 is 10.4. The van der Waals surface area contributed by atoms with Gasteiger partial charge in [-0.05, 0) is 25.7 Å². The molecule has 0 aliphatic rings. The second-order valence-corrected chi connectivity index (χ2v) is 6.86. The van der Waals surface area contributed by atoms with Gasteiger partial charge in [0.2, 0.25) is 12.2 Å².